The van der Waals surface area contributed by atoms with Gasteiger partial charge in [-0.15, -0.1) is 0 Å². The molecule has 1 N–H and O–H groups in total. The number of carboxylic acids is 1. The van der Waals surface area contributed by atoms with Gasteiger partial charge in [0, 0.05) is 9.61 Å². The van der Waals surface area contributed by atoms with Crippen LogP contribution >= 0.6 is 22.6 Å². The fraction of sp³-hybridized carbons (Fsp3) is 0.429. The molecule has 1 saturated carbocycles. The first-order chi connectivity index (χ1) is 9.45. The lowest BCUT2D eigenvalue weighted by Gasteiger charge is -2.27. The predicted octanol–water partition coefficient (Wildman–Crippen LogP) is 2.38. The second-order valence-corrected chi connectivity index (χ2v) is 5.97. The Hall–Kier alpha value is -1.31. The van der Waals surface area contributed by atoms with Crippen molar-refractivity contribution in [3.05, 3.63) is 27.3 Å². The van der Waals surface area contributed by atoms with Gasteiger partial charge in [0.2, 0.25) is 0 Å². The molecule has 0 heterocycles. The summed E-state index contributed by atoms with van der Waals surface area (Å²) in [5.41, 5.74) is 0.520. The number of methoxy groups -OCH3 is 1. The summed E-state index contributed by atoms with van der Waals surface area (Å²) in [6.45, 7) is 1.55. The second-order valence-electron chi connectivity index (χ2n) is 4.80. The Bertz CT molecular complexity index is 542. The van der Waals surface area contributed by atoms with Gasteiger partial charge in [0.1, 0.15) is 11.8 Å². The fourth-order valence-corrected chi connectivity index (χ4v) is 2.78. The molecular formula is C14H16INO4. The van der Waals surface area contributed by atoms with Crippen LogP contribution in [0.2, 0.25) is 0 Å². The highest BCUT2D eigenvalue weighted by atomic mass is 127. The fourth-order valence-electron chi connectivity index (χ4n) is 2.06. The molecule has 1 unspecified atom stereocenters. The van der Waals surface area contributed by atoms with Gasteiger partial charge in [-0.25, -0.2) is 4.79 Å². The molecule has 1 fully saturated rings. The van der Waals surface area contributed by atoms with E-state index in [0.717, 1.165) is 16.4 Å². The van der Waals surface area contributed by atoms with Crippen LogP contribution in [0, 0.1) is 3.57 Å². The van der Waals surface area contributed by atoms with Crippen molar-refractivity contribution in [1.29, 1.82) is 0 Å². The number of hydrogen-bond acceptors (Lipinski definition) is 3. The number of nitrogens with zero attached hydrogens (tertiary/aromatic N) is 1. The minimum Gasteiger partial charge on any atom is -0.497 e. The molecule has 0 aromatic heterocycles. The molecule has 0 bridgehead atoms. The Kier molecular flexibility index (Phi) is 4.52. The van der Waals surface area contributed by atoms with Crippen LogP contribution in [0.5, 0.6) is 5.75 Å². The summed E-state index contributed by atoms with van der Waals surface area (Å²) < 4.78 is 5.87. The predicted molar refractivity (Wildman–Crippen MR) is 82.0 cm³/mol. The van der Waals surface area contributed by atoms with Crippen molar-refractivity contribution in [3.8, 4) is 5.75 Å². The highest BCUT2D eigenvalue weighted by molar-refractivity contribution is 14.1. The number of amides is 1. The monoisotopic (exact) mass is 389 g/mol. The van der Waals surface area contributed by atoms with E-state index in [9.17, 15) is 9.59 Å². The molecule has 0 aliphatic heterocycles. The first kappa shape index (κ1) is 15.1. The summed E-state index contributed by atoms with van der Waals surface area (Å²) in [5, 5.41) is 9.16. The smallest absolute Gasteiger partial charge is 0.326 e. The van der Waals surface area contributed by atoms with Gasteiger partial charge in [-0.3, -0.25) is 4.79 Å². The molecule has 1 atom stereocenters. The summed E-state index contributed by atoms with van der Waals surface area (Å²) in [6.07, 6.45) is 1.74. The minimum absolute atomic E-state index is 0.0477. The lowest BCUT2D eigenvalue weighted by molar-refractivity contribution is -0.141. The maximum absolute atomic E-state index is 12.6. The minimum atomic E-state index is -0.978. The molecule has 1 aliphatic carbocycles. The molecule has 0 radical (unpaired) electrons. The SMILES string of the molecule is COc1ccc(C(=O)N(C2CC2)C(C)C(=O)O)c(I)c1. The summed E-state index contributed by atoms with van der Waals surface area (Å²) in [4.78, 5) is 25.3. The molecule has 0 saturated heterocycles. The first-order valence-corrected chi connectivity index (χ1v) is 7.42. The number of carbonyl (C=O) groups is 2. The van der Waals surface area contributed by atoms with Gasteiger partial charge in [0.15, 0.2) is 0 Å². The van der Waals surface area contributed by atoms with E-state index in [-0.39, 0.29) is 11.9 Å². The van der Waals surface area contributed by atoms with E-state index in [4.69, 9.17) is 9.84 Å². The van der Waals surface area contributed by atoms with Crippen LogP contribution in [0.3, 0.4) is 0 Å². The molecule has 1 aromatic carbocycles. The number of carbonyl (C=O) groups excluding carboxylic acids is 1. The van der Waals surface area contributed by atoms with Crippen LogP contribution < -0.4 is 4.74 Å². The van der Waals surface area contributed by atoms with Crippen LogP contribution in [-0.4, -0.2) is 41.1 Å². The Morgan fingerprint density at radius 3 is 2.55 bits per heavy atom. The Morgan fingerprint density at radius 1 is 1.45 bits per heavy atom. The Balaban J connectivity index is 2.30. The van der Waals surface area contributed by atoms with Crippen LogP contribution in [-0.2, 0) is 4.79 Å². The molecule has 20 heavy (non-hydrogen) atoms. The second kappa shape index (κ2) is 5.99. The summed E-state index contributed by atoms with van der Waals surface area (Å²) >= 11 is 2.07. The van der Waals surface area contributed by atoms with Crippen molar-refractivity contribution >= 4 is 34.5 Å². The van der Waals surface area contributed by atoms with Crippen LogP contribution in [0.25, 0.3) is 0 Å². The Morgan fingerprint density at radius 2 is 2.10 bits per heavy atom. The first-order valence-electron chi connectivity index (χ1n) is 6.34. The Labute approximate surface area is 131 Å². The summed E-state index contributed by atoms with van der Waals surface area (Å²) in [5.74, 6) is -0.529. The zero-order valence-electron chi connectivity index (χ0n) is 11.3. The van der Waals surface area contributed by atoms with Crippen LogP contribution in [0.4, 0.5) is 0 Å². The van der Waals surface area contributed by atoms with Crippen molar-refractivity contribution in [2.45, 2.75) is 31.8 Å². The third-order valence-electron chi connectivity index (χ3n) is 3.36. The van der Waals surface area contributed by atoms with Crippen molar-refractivity contribution in [2.24, 2.45) is 0 Å². The molecule has 2 rings (SSSR count). The quantitative estimate of drug-likeness (QED) is 0.786. The van der Waals surface area contributed by atoms with Gasteiger partial charge in [0.25, 0.3) is 5.91 Å². The van der Waals surface area contributed by atoms with Crippen molar-refractivity contribution in [1.82, 2.24) is 4.90 Å². The molecule has 5 nitrogen and oxygen atoms in total. The molecule has 1 aliphatic rings. The number of halogens is 1. The van der Waals surface area contributed by atoms with Gasteiger partial charge in [-0.1, -0.05) is 0 Å². The number of aliphatic carboxylic acids is 1. The molecule has 0 spiro atoms. The van der Waals surface area contributed by atoms with Gasteiger partial charge in [-0.2, -0.15) is 0 Å². The van der Waals surface area contributed by atoms with Gasteiger partial charge in [-0.05, 0) is 60.6 Å². The number of benzene rings is 1. The van der Waals surface area contributed by atoms with E-state index in [1.165, 1.54) is 4.90 Å². The molecule has 6 heteroatoms. The van der Waals surface area contributed by atoms with E-state index >= 15 is 0 Å². The molecule has 1 amide bonds. The maximum Gasteiger partial charge on any atom is 0.326 e. The van der Waals surface area contributed by atoms with E-state index in [1.54, 1.807) is 32.2 Å². The third-order valence-corrected chi connectivity index (χ3v) is 4.25. The number of carboxylic acid groups (broad SMARTS) is 1. The largest absolute Gasteiger partial charge is 0.497 e. The highest BCUT2D eigenvalue weighted by Crippen LogP contribution is 2.31. The summed E-state index contributed by atoms with van der Waals surface area (Å²) in [6, 6.07) is 4.41. The molecule has 1 aromatic rings. The molecule has 108 valence electrons. The maximum atomic E-state index is 12.6. The zero-order chi connectivity index (χ0) is 14.9. The zero-order valence-corrected chi connectivity index (χ0v) is 13.5. The average Bonchev–Trinajstić information content (AvgIpc) is 3.22. The normalized spacial score (nSPS) is 15.6. The van der Waals surface area contributed by atoms with E-state index in [1.807, 2.05) is 0 Å². The third kappa shape index (κ3) is 3.05. The number of hydrogen-bond donors (Lipinski definition) is 1. The molecular weight excluding hydrogens is 373 g/mol. The van der Waals surface area contributed by atoms with Crippen LogP contribution in [0.1, 0.15) is 30.1 Å². The summed E-state index contributed by atoms with van der Waals surface area (Å²) in [7, 11) is 1.57. The van der Waals surface area contributed by atoms with Crippen molar-refractivity contribution in [2.75, 3.05) is 7.11 Å². The standard InChI is InChI=1S/C14H16INO4/c1-8(14(18)19)16(9-3-4-9)13(17)11-6-5-10(20-2)7-12(11)15/h5-9H,3-4H2,1-2H3,(H,18,19). The van der Waals surface area contributed by atoms with E-state index in [2.05, 4.69) is 22.6 Å². The van der Waals surface area contributed by atoms with Crippen LogP contribution in [0.15, 0.2) is 18.2 Å². The van der Waals surface area contributed by atoms with Gasteiger partial charge >= 0.3 is 5.97 Å². The lowest BCUT2D eigenvalue weighted by Crippen LogP contribution is -2.45. The van der Waals surface area contributed by atoms with E-state index < -0.39 is 12.0 Å². The number of ether oxygens (including phenoxy) is 1. The average molecular weight is 389 g/mol. The number of rotatable bonds is 5. The van der Waals surface area contributed by atoms with Gasteiger partial charge in [0.05, 0.1) is 12.7 Å². The highest BCUT2D eigenvalue weighted by Gasteiger charge is 2.39. The lowest BCUT2D eigenvalue weighted by atomic mass is 10.1. The van der Waals surface area contributed by atoms with Crippen molar-refractivity contribution < 1.29 is 19.4 Å². The topological polar surface area (TPSA) is 66.8 Å². The van der Waals surface area contributed by atoms with Gasteiger partial charge < -0.3 is 14.7 Å². The van der Waals surface area contributed by atoms with E-state index in [0.29, 0.717) is 11.3 Å². The van der Waals surface area contributed by atoms with Crippen molar-refractivity contribution in [3.63, 3.8) is 0 Å².